The molecule has 1 aromatic rings. The number of anilines is 1. The highest BCUT2D eigenvalue weighted by atomic mass is 79.9. The van der Waals surface area contributed by atoms with Crippen molar-refractivity contribution >= 4 is 31.6 Å². The van der Waals surface area contributed by atoms with E-state index < -0.39 is 10.0 Å². The van der Waals surface area contributed by atoms with Gasteiger partial charge in [-0.05, 0) is 38.0 Å². The van der Waals surface area contributed by atoms with Gasteiger partial charge >= 0.3 is 0 Å². The van der Waals surface area contributed by atoms with E-state index in [2.05, 4.69) is 20.7 Å². The molecule has 0 aromatic heterocycles. The third-order valence-electron chi connectivity index (χ3n) is 3.37. The van der Waals surface area contributed by atoms with Crippen LogP contribution in [0.4, 0.5) is 5.69 Å². The van der Waals surface area contributed by atoms with Crippen molar-refractivity contribution in [3.05, 3.63) is 23.8 Å². The number of benzene rings is 1. The largest absolute Gasteiger partial charge is 0.494 e. The zero-order valence-electron chi connectivity index (χ0n) is 12.0. The summed E-state index contributed by atoms with van der Waals surface area (Å²) in [5.41, 5.74) is 1.49. The Labute approximate surface area is 134 Å². The standard InChI is InChI=1S/C14H20BrNO4S/c1-2-20-14-4-3-12(9-11(14)10-15)16-21(17,18)13-5-7-19-8-6-13/h3-4,9,13,16H,2,5-8,10H2,1H3. The molecule has 0 amide bonds. The van der Waals surface area contributed by atoms with Crippen molar-refractivity contribution < 1.29 is 17.9 Å². The average molecular weight is 378 g/mol. The Morgan fingerprint density at radius 3 is 2.71 bits per heavy atom. The van der Waals surface area contributed by atoms with E-state index in [1.165, 1.54) is 0 Å². The van der Waals surface area contributed by atoms with Gasteiger partial charge in [-0.25, -0.2) is 8.42 Å². The summed E-state index contributed by atoms with van der Waals surface area (Å²) in [6, 6.07) is 5.33. The van der Waals surface area contributed by atoms with Gasteiger partial charge in [-0.1, -0.05) is 15.9 Å². The molecule has 0 saturated carbocycles. The number of ether oxygens (including phenoxy) is 2. The van der Waals surface area contributed by atoms with Crippen LogP contribution < -0.4 is 9.46 Å². The third-order valence-corrected chi connectivity index (χ3v) is 5.84. The summed E-state index contributed by atoms with van der Waals surface area (Å²) >= 11 is 3.39. The van der Waals surface area contributed by atoms with E-state index >= 15 is 0 Å². The molecule has 0 spiro atoms. The zero-order valence-corrected chi connectivity index (χ0v) is 14.4. The van der Waals surface area contributed by atoms with E-state index in [0.717, 1.165) is 11.3 Å². The molecule has 5 nitrogen and oxygen atoms in total. The van der Waals surface area contributed by atoms with Gasteiger partial charge in [-0.2, -0.15) is 0 Å². The van der Waals surface area contributed by atoms with Gasteiger partial charge in [-0.15, -0.1) is 0 Å². The second-order valence-electron chi connectivity index (χ2n) is 4.85. The highest BCUT2D eigenvalue weighted by molar-refractivity contribution is 9.08. The minimum atomic E-state index is -3.37. The lowest BCUT2D eigenvalue weighted by molar-refractivity contribution is 0.0984. The molecular formula is C14H20BrNO4S. The Kier molecular flexibility index (Phi) is 5.89. The van der Waals surface area contributed by atoms with E-state index in [1.54, 1.807) is 18.2 Å². The van der Waals surface area contributed by atoms with E-state index in [4.69, 9.17) is 9.47 Å². The highest BCUT2D eigenvalue weighted by Crippen LogP contribution is 2.27. The number of sulfonamides is 1. The maximum absolute atomic E-state index is 12.4. The Morgan fingerprint density at radius 1 is 1.38 bits per heavy atom. The van der Waals surface area contributed by atoms with Gasteiger partial charge in [0.2, 0.25) is 10.0 Å². The lowest BCUT2D eigenvalue weighted by Gasteiger charge is -2.23. The summed E-state index contributed by atoms with van der Waals surface area (Å²) in [4.78, 5) is 0. The fourth-order valence-corrected chi connectivity index (χ4v) is 4.15. The van der Waals surface area contributed by atoms with Gasteiger partial charge in [0.1, 0.15) is 5.75 Å². The van der Waals surface area contributed by atoms with E-state index in [9.17, 15) is 8.42 Å². The molecule has 1 N–H and O–H groups in total. The molecule has 118 valence electrons. The van der Waals surface area contributed by atoms with Crippen molar-refractivity contribution in [2.45, 2.75) is 30.3 Å². The average Bonchev–Trinajstić information content (AvgIpc) is 2.49. The van der Waals surface area contributed by atoms with Crippen LogP contribution in [0.5, 0.6) is 5.75 Å². The van der Waals surface area contributed by atoms with Crippen LogP contribution >= 0.6 is 15.9 Å². The highest BCUT2D eigenvalue weighted by Gasteiger charge is 2.27. The van der Waals surface area contributed by atoms with Gasteiger partial charge in [0.25, 0.3) is 0 Å². The van der Waals surface area contributed by atoms with Gasteiger partial charge in [0, 0.05) is 29.8 Å². The molecule has 1 fully saturated rings. The van der Waals surface area contributed by atoms with E-state index in [1.807, 2.05) is 6.92 Å². The van der Waals surface area contributed by atoms with Crippen LogP contribution in [0.3, 0.4) is 0 Å². The number of nitrogens with one attached hydrogen (secondary N) is 1. The van der Waals surface area contributed by atoms with Crippen LogP contribution in [0.1, 0.15) is 25.3 Å². The smallest absolute Gasteiger partial charge is 0.235 e. The van der Waals surface area contributed by atoms with Gasteiger partial charge < -0.3 is 9.47 Å². The molecule has 0 aliphatic carbocycles. The minimum absolute atomic E-state index is 0.384. The number of alkyl halides is 1. The molecule has 1 heterocycles. The number of halogens is 1. The lowest BCUT2D eigenvalue weighted by Crippen LogP contribution is -2.33. The summed E-state index contributed by atoms with van der Waals surface area (Å²) in [5.74, 6) is 0.767. The normalized spacial score (nSPS) is 16.7. The zero-order chi connectivity index (χ0) is 15.3. The molecule has 2 rings (SSSR count). The van der Waals surface area contributed by atoms with Crippen molar-refractivity contribution in [2.75, 3.05) is 24.5 Å². The summed E-state index contributed by atoms with van der Waals surface area (Å²) < 4.78 is 38.1. The Balaban J connectivity index is 2.14. The van der Waals surface area contributed by atoms with Crippen LogP contribution in [-0.4, -0.2) is 33.5 Å². The molecular weight excluding hydrogens is 358 g/mol. The van der Waals surface area contributed by atoms with Crippen LogP contribution in [0.25, 0.3) is 0 Å². The van der Waals surface area contributed by atoms with Crippen LogP contribution in [-0.2, 0) is 20.1 Å². The van der Waals surface area contributed by atoms with Crippen molar-refractivity contribution in [3.8, 4) is 5.75 Å². The van der Waals surface area contributed by atoms with E-state index in [-0.39, 0.29) is 5.25 Å². The van der Waals surface area contributed by atoms with Crippen molar-refractivity contribution in [3.63, 3.8) is 0 Å². The van der Waals surface area contributed by atoms with E-state index in [0.29, 0.717) is 43.7 Å². The second-order valence-corrected chi connectivity index (χ2v) is 7.37. The molecule has 1 aliphatic heterocycles. The third kappa shape index (κ3) is 4.34. The summed E-state index contributed by atoms with van der Waals surface area (Å²) in [5, 5.41) is 0.222. The molecule has 0 bridgehead atoms. The topological polar surface area (TPSA) is 64.6 Å². The van der Waals surface area contributed by atoms with Crippen LogP contribution in [0.15, 0.2) is 18.2 Å². The fraction of sp³-hybridized carbons (Fsp3) is 0.571. The second kappa shape index (κ2) is 7.47. The first-order valence-electron chi connectivity index (χ1n) is 6.98. The Hall–Kier alpha value is -0.790. The molecule has 1 aliphatic rings. The van der Waals surface area contributed by atoms with Crippen molar-refractivity contribution in [2.24, 2.45) is 0 Å². The number of rotatable bonds is 6. The van der Waals surface area contributed by atoms with Gasteiger partial charge in [0.15, 0.2) is 0 Å². The van der Waals surface area contributed by atoms with Crippen LogP contribution in [0.2, 0.25) is 0 Å². The van der Waals surface area contributed by atoms with Gasteiger partial charge in [0.05, 0.1) is 11.9 Å². The van der Waals surface area contributed by atoms with Gasteiger partial charge in [-0.3, -0.25) is 4.72 Å². The number of hydrogen-bond donors (Lipinski definition) is 1. The number of hydrogen-bond acceptors (Lipinski definition) is 4. The fourth-order valence-electron chi connectivity index (χ4n) is 2.28. The van der Waals surface area contributed by atoms with Crippen molar-refractivity contribution in [1.82, 2.24) is 0 Å². The Bertz CT molecular complexity index is 570. The molecule has 0 unspecified atom stereocenters. The predicted molar refractivity (Wildman–Crippen MR) is 86.6 cm³/mol. The summed E-state index contributed by atoms with van der Waals surface area (Å²) in [6.07, 6.45) is 1.08. The maximum Gasteiger partial charge on any atom is 0.235 e. The molecule has 1 saturated heterocycles. The first kappa shape index (κ1) is 16.6. The predicted octanol–water partition coefficient (Wildman–Crippen LogP) is 2.90. The SMILES string of the molecule is CCOc1ccc(NS(=O)(=O)C2CCOCC2)cc1CBr. The first-order chi connectivity index (χ1) is 10.1. The maximum atomic E-state index is 12.4. The molecule has 1 aromatic carbocycles. The summed E-state index contributed by atoms with van der Waals surface area (Å²) in [7, 11) is -3.37. The minimum Gasteiger partial charge on any atom is -0.494 e. The lowest BCUT2D eigenvalue weighted by atomic mass is 10.2. The Morgan fingerprint density at radius 2 is 2.10 bits per heavy atom. The summed E-state index contributed by atoms with van der Waals surface area (Å²) in [6.45, 7) is 3.50. The monoisotopic (exact) mass is 377 g/mol. The van der Waals surface area contributed by atoms with Crippen LogP contribution in [0, 0.1) is 0 Å². The molecule has 0 radical (unpaired) electrons. The molecule has 21 heavy (non-hydrogen) atoms. The van der Waals surface area contributed by atoms with Crippen molar-refractivity contribution in [1.29, 1.82) is 0 Å². The molecule has 7 heteroatoms. The molecule has 0 atom stereocenters. The quantitative estimate of drug-likeness (QED) is 0.774. The first-order valence-corrected chi connectivity index (χ1v) is 9.64.